The highest BCUT2D eigenvalue weighted by Gasteiger charge is 2.08. The van der Waals surface area contributed by atoms with Crippen LogP contribution in [0.1, 0.15) is 15.9 Å². The van der Waals surface area contributed by atoms with Crippen LogP contribution in [0.4, 0.5) is 0 Å². The first-order chi connectivity index (χ1) is 15.8. The Morgan fingerprint density at radius 2 is 1.41 bits per heavy atom. The maximum absolute atomic E-state index is 12.6. The molecule has 1 amide bonds. The monoisotopic (exact) mass is 415 g/mol. The summed E-state index contributed by atoms with van der Waals surface area (Å²) >= 11 is 0. The Morgan fingerprint density at radius 1 is 0.688 bits per heavy atom. The first kappa shape index (κ1) is 19.6. The van der Waals surface area contributed by atoms with Crippen molar-refractivity contribution in [1.82, 2.24) is 15.3 Å². The molecule has 2 aromatic heterocycles. The summed E-state index contributed by atoms with van der Waals surface area (Å²) in [6.45, 7) is 0.480. The SMILES string of the molecule is O=C(NCc1ccc(-c2ccccc2)cc1)c1ccc(-c2ccc3cccnc3n2)cc1. The first-order valence-corrected chi connectivity index (χ1v) is 10.5. The Labute approximate surface area is 186 Å². The molecular weight excluding hydrogens is 394 g/mol. The number of benzene rings is 3. The van der Waals surface area contributed by atoms with Crippen molar-refractivity contribution in [2.75, 3.05) is 0 Å². The normalized spacial score (nSPS) is 10.8. The van der Waals surface area contributed by atoms with Gasteiger partial charge in [-0.1, -0.05) is 66.7 Å². The summed E-state index contributed by atoms with van der Waals surface area (Å²) in [6.07, 6.45) is 1.74. The van der Waals surface area contributed by atoms with E-state index in [9.17, 15) is 4.79 Å². The van der Waals surface area contributed by atoms with E-state index in [0.29, 0.717) is 17.8 Å². The lowest BCUT2D eigenvalue weighted by molar-refractivity contribution is 0.0951. The smallest absolute Gasteiger partial charge is 0.251 e. The van der Waals surface area contributed by atoms with Crippen molar-refractivity contribution in [2.45, 2.75) is 6.54 Å². The van der Waals surface area contributed by atoms with E-state index in [2.05, 4.69) is 39.6 Å². The molecular formula is C28H21N3O. The van der Waals surface area contributed by atoms with Gasteiger partial charge in [-0.05, 0) is 53.1 Å². The molecule has 0 aliphatic carbocycles. The van der Waals surface area contributed by atoms with E-state index in [-0.39, 0.29) is 5.91 Å². The van der Waals surface area contributed by atoms with Gasteiger partial charge in [0.15, 0.2) is 5.65 Å². The van der Waals surface area contributed by atoms with E-state index < -0.39 is 0 Å². The van der Waals surface area contributed by atoms with Gasteiger partial charge in [-0.2, -0.15) is 0 Å². The molecule has 0 aliphatic heterocycles. The zero-order valence-electron chi connectivity index (χ0n) is 17.4. The number of pyridine rings is 2. The van der Waals surface area contributed by atoms with Crippen molar-refractivity contribution in [1.29, 1.82) is 0 Å². The number of hydrogen-bond donors (Lipinski definition) is 1. The average molecular weight is 415 g/mol. The summed E-state index contributed by atoms with van der Waals surface area (Å²) in [5, 5.41) is 4.00. The van der Waals surface area contributed by atoms with Gasteiger partial charge in [-0.3, -0.25) is 4.79 Å². The number of fused-ring (bicyclic) bond motifs is 1. The fourth-order valence-corrected chi connectivity index (χ4v) is 3.64. The third-order valence-electron chi connectivity index (χ3n) is 5.42. The highest BCUT2D eigenvalue weighted by Crippen LogP contribution is 2.21. The molecule has 0 radical (unpaired) electrons. The van der Waals surface area contributed by atoms with E-state index in [0.717, 1.165) is 27.8 Å². The Bertz CT molecular complexity index is 1360. The molecule has 0 atom stereocenters. The molecule has 0 spiro atoms. The molecule has 0 saturated carbocycles. The van der Waals surface area contributed by atoms with Crippen LogP contribution in [0.3, 0.4) is 0 Å². The van der Waals surface area contributed by atoms with Gasteiger partial charge < -0.3 is 5.32 Å². The number of rotatable bonds is 5. The van der Waals surface area contributed by atoms with Crippen molar-refractivity contribution in [3.05, 3.63) is 120 Å². The molecule has 3 aromatic carbocycles. The van der Waals surface area contributed by atoms with Gasteiger partial charge in [0.2, 0.25) is 0 Å². The minimum Gasteiger partial charge on any atom is -0.348 e. The summed E-state index contributed by atoms with van der Waals surface area (Å²) in [4.78, 5) is 21.5. The Kier molecular flexibility index (Phi) is 5.41. The van der Waals surface area contributed by atoms with Crippen molar-refractivity contribution in [3.8, 4) is 22.4 Å². The molecule has 5 rings (SSSR count). The number of aromatic nitrogens is 2. The van der Waals surface area contributed by atoms with E-state index in [1.807, 2.05) is 78.9 Å². The van der Waals surface area contributed by atoms with Gasteiger partial charge in [0.05, 0.1) is 5.69 Å². The largest absolute Gasteiger partial charge is 0.348 e. The Morgan fingerprint density at radius 3 is 2.19 bits per heavy atom. The van der Waals surface area contributed by atoms with Gasteiger partial charge in [0.1, 0.15) is 0 Å². The predicted octanol–water partition coefficient (Wildman–Crippen LogP) is 5.89. The fourth-order valence-electron chi connectivity index (χ4n) is 3.64. The van der Waals surface area contributed by atoms with Crippen LogP contribution < -0.4 is 5.32 Å². The van der Waals surface area contributed by atoms with Crippen molar-refractivity contribution < 1.29 is 4.79 Å². The molecule has 0 fully saturated rings. The van der Waals surface area contributed by atoms with Crippen LogP contribution in [0.25, 0.3) is 33.4 Å². The molecule has 32 heavy (non-hydrogen) atoms. The molecule has 4 nitrogen and oxygen atoms in total. The molecule has 154 valence electrons. The van der Waals surface area contributed by atoms with Crippen LogP contribution in [0.5, 0.6) is 0 Å². The lowest BCUT2D eigenvalue weighted by Crippen LogP contribution is -2.22. The Hall–Kier alpha value is -4.31. The number of hydrogen-bond acceptors (Lipinski definition) is 3. The average Bonchev–Trinajstić information content (AvgIpc) is 2.88. The lowest BCUT2D eigenvalue weighted by atomic mass is 10.0. The minimum absolute atomic E-state index is 0.100. The first-order valence-electron chi connectivity index (χ1n) is 10.5. The van der Waals surface area contributed by atoms with Crippen LogP contribution in [-0.2, 0) is 6.54 Å². The van der Waals surface area contributed by atoms with E-state index in [4.69, 9.17) is 0 Å². The molecule has 0 bridgehead atoms. The third kappa shape index (κ3) is 4.25. The zero-order valence-corrected chi connectivity index (χ0v) is 17.4. The standard InChI is InChI=1S/C28H21N3O/c32-28(30-19-20-8-10-22(11-9-20)21-5-2-1-3-6-21)25-14-12-23(13-15-25)26-17-16-24-7-4-18-29-27(24)31-26/h1-18H,19H2,(H,30,32). The summed E-state index contributed by atoms with van der Waals surface area (Å²) < 4.78 is 0. The third-order valence-corrected chi connectivity index (χ3v) is 5.42. The lowest BCUT2D eigenvalue weighted by Gasteiger charge is -2.08. The van der Waals surface area contributed by atoms with Crippen LogP contribution in [-0.4, -0.2) is 15.9 Å². The van der Waals surface area contributed by atoms with Gasteiger partial charge in [-0.25, -0.2) is 9.97 Å². The molecule has 2 heterocycles. The second-order valence-corrected chi connectivity index (χ2v) is 7.57. The molecule has 1 N–H and O–H groups in total. The number of amides is 1. The van der Waals surface area contributed by atoms with E-state index in [1.165, 1.54) is 5.56 Å². The number of nitrogens with zero attached hydrogens (tertiary/aromatic N) is 2. The highest BCUT2D eigenvalue weighted by atomic mass is 16.1. The van der Waals surface area contributed by atoms with E-state index >= 15 is 0 Å². The molecule has 0 saturated heterocycles. The van der Waals surface area contributed by atoms with Crippen molar-refractivity contribution >= 4 is 16.9 Å². The second kappa shape index (κ2) is 8.82. The highest BCUT2D eigenvalue weighted by molar-refractivity contribution is 5.94. The fraction of sp³-hybridized carbons (Fsp3) is 0.0357. The predicted molar refractivity (Wildman–Crippen MR) is 128 cm³/mol. The van der Waals surface area contributed by atoms with Crippen LogP contribution >= 0.6 is 0 Å². The maximum Gasteiger partial charge on any atom is 0.251 e. The van der Waals surface area contributed by atoms with Gasteiger partial charge >= 0.3 is 0 Å². The van der Waals surface area contributed by atoms with Gasteiger partial charge in [-0.15, -0.1) is 0 Å². The second-order valence-electron chi connectivity index (χ2n) is 7.57. The van der Waals surface area contributed by atoms with Crippen molar-refractivity contribution in [2.24, 2.45) is 0 Å². The zero-order chi connectivity index (χ0) is 21.8. The van der Waals surface area contributed by atoms with Gasteiger partial charge in [0, 0.05) is 29.3 Å². The number of carbonyl (C=O) groups is 1. The minimum atomic E-state index is -0.100. The Balaban J connectivity index is 1.24. The molecule has 0 aliphatic rings. The number of carbonyl (C=O) groups excluding carboxylic acids is 1. The van der Waals surface area contributed by atoms with Crippen molar-refractivity contribution in [3.63, 3.8) is 0 Å². The summed E-state index contributed by atoms with van der Waals surface area (Å²) in [5.41, 5.74) is 6.52. The van der Waals surface area contributed by atoms with Gasteiger partial charge in [0.25, 0.3) is 5.91 Å². The van der Waals surface area contributed by atoms with E-state index in [1.54, 1.807) is 6.20 Å². The van der Waals surface area contributed by atoms with Crippen LogP contribution in [0.2, 0.25) is 0 Å². The summed E-state index contributed by atoms with van der Waals surface area (Å²) in [5.74, 6) is -0.100. The topological polar surface area (TPSA) is 54.9 Å². The molecule has 4 heteroatoms. The maximum atomic E-state index is 12.6. The molecule has 5 aromatic rings. The quantitative estimate of drug-likeness (QED) is 0.389. The summed E-state index contributed by atoms with van der Waals surface area (Å²) in [6, 6.07) is 33.9. The number of nitrogens with one attached hydrogen (secondary N) is 1. The molecule has 0 unspecified atom stereocenters. The summed E-state index contributed by atoms with van der Waals surface area (Å²) in [7, 11) is 0. The van der Waals surface area contributed by atoms with Crippen LogP contribution in [0, 0.1) is 0 Å². The van der Waals surface area contributed by atoms with Crippen LogP contribution in [0.15, 0.2) is 109 Å².